The van der Waals surface area contributed by atoms with Gasteiger partial charge in [0.25, 0.3) is 5.69 Å². The molecular formula is C22H17NO7. The van der Waals surface area contributed by atoms with Gasteiger partial charge < -0.3 is 18.9 Å². The fourth-order valence-electron chi connectivity index (χ4n) is 2.38. The molecule has 0 saturated heterocycles. The third-order valence-electron chi connectivity index (χ3n) is 3.72. The van der Waals surface area contributed by atoms with Crippen LogP contribution in [0.1, 0.15) is 0 Å². The molecule has 3 aromatic carbocycles. The predicted octanol–water partition coefficient (Wildman–Crippen LogP) is 5.24. The molecule has 0 aliphatic carbocycles. The summed E-state index contributed by atoms with van der Waals surface area (Å²) in [5.41, 5.74) is -0.0223. The minimum Gasteiger partial charge on any atom is -0.504 e. The molecule has 0 unspecified atom stereocenters. The maximum atomic E-state index is 11.8. The molecule has 0 aliphatic heterocycles. The van der Waals surface area contributed by atoms with Crippen molar-refractivity contribution in [3.63, 3.8) is 0 Å². The van der Waals surface area contributed by atoms with E-state index in [1.165, 1.54) is 37.6 Å². The summed E-state index contributed by atoms with van der Waals surface area (Å²) in [5, 5.41) is 10.7. The molecule has 152 valence electrons. The maximum Gasteiger partial charge on any atom is 0.339 e. The van der Waals surface area contributed by atoms with Crippen LogP contribution in [0.5, 0.6) is 28.7 Å². The lowest BCUT2D eigenvalue weighted by Gasteiger charge is -2.12. The zero-order chi connectivity index (χ0) is 21.3. The third kappa shape index (κ3) is 5.59. The highest BCUT2D eigenvalue weighted by molar-refractivity contribution is 5.84. The molecule has 0 saturated carbocycles. The van der Waals surface area contributed by atoms with Gasteiger partial charge in [-0.2, -0.15) is 0 Å². The summed E-state index contributed by atoms with van der Waals surface area (Å²) in [7, 11) is 1.42. The number of non-ortho nitro benzene ring substituents is 1. The summed E-state index contributed by atoms with van der Waals surface area (Å²) in [4.78, 5) is 22.1. The normalized spacial score (nSPS) is 10.4. The standard InChI is InChI=1S/C22H17NO7/c1-27-14-13-22(24)30-21-8-3-2-7-20(21)29-19-6-4-5-18(15-19)28-17-11-9-16(10-12-17)23(25)26/h2-15H,1H3. The molecule has 0 spiro atoms. The predicted molar refractivity (Wildman–Crippen MR) is 108 cm³/mol. The number of nitro groups is 1. The van der Waals surface area contributed by atoms with Gasteiger partial charge in [-0.3, -0.25) is 10.1 Å². The molecule has 8 nitrogen and oxygen atoms in total. The molecule has 0 atom stereocenters. The molecule has 0 bridgehead atoms. The Hall–Kier alpha value is -4.33. The number of esters is 1. The van der Waals surface area contributed by atoms with Gasteiger partial charge >= 0.3 is 5.97 Å². The molecule has 0 aliphatic rings. The zero-order valence-corrected chi connectivity index (χ0v) is 15.9. The Labute approximate surface area is 172 Å². The molecule has 0 heterocycles. The number of hydrogen-bond acceptors (Lipinski definition) is 7. The lowest BCUT2D eigenvalue weighted by atomic mass is 10.3. The molecule has 3 aromatic rings. The van der Waals surface area contributed by atoms with Crippen molar-refractivity contribution in [3.8, 4) is 28.7 Å². The first-order chi connectivity index (χ1) is 14.5. The van der Waals surface area contributed by atoms with Crippen LogP contribution in [-0.2, 0) is 9.53 Å². The van der Waals surface area contributed by atoms with Gasteiger partial charge in [-0.1, -0.05) is 18.2 Å². The number of ether oxygens (including phenoxy) is 4. The van der Waals surface area contributed by atoms with E-state index >= 15 is 0 Å². The molecule has 0 aromatic heterocycles. The van der Waals surface area contributed by atoms with Crippen LogP contribution in [0.15, 0.2) is 85.1 Å². The zero-order valence-electron chi connectivity index (χ0n) is 15.9. The molecule has 0 fully saturated rings. The minimum atomic E-state index is -0.608. The highest BCUT2D eigenvalue weighted by Gasteiger charge is 2.10. The number of nitro benzene ring substituents is 1. The van der Waals surface area contributed by atoms with Gasteiger partial charge in [0.05, 0.1) is 24.4 Å². The van der Waals surface area contributed by atoms with E-state index in [4.69, 9.17) is 18.9 Å². The monoisotopic (exact) mass is 407 g/mol. The number of carbonyl (C=O) groups excluding carboxylic acids is 1. The van der Waals surface area contributed by atoms with E-state index in [1.807, 2.05) is 0 Å². The number of benzene rings is 3. The Morgan fingerprint density at radius 3 is 2.20 bits per heavy atom. The average molecular weight is 407 g/mol. The average Bonchev–Trinajstić information content (AvgIpc) is 2.74. The van der Waals surface area contributed by atoms with Crippen molar-refractivity contribution in [1.29, 1.82) is 0 Å². The summed E-state index contributed by atoms with van der Waals surface area (Å²) in [6.07, 6.45) is 2.36. The van der Waals surface area contributed by atoms with Crippen molar-refractivity contribution in [2.24, 2.45) is 0 Å². The topological polar surface area (TPSA) is 97.1 Å². The third-order valence-corrected chi connectivity index (χ3v) is 3.72. The first kappa shape index (κ1) is 20.4. The fourth-order valence-corrected chi connectivity index (χ4v) is 2.38. The Morgan fingerprint density at radius 1 is 0.867 bits per heavy atom. The largest absolute Gasteiger partial charge is 0.504 e. The smallest absolute Gasteiger partial charge is 0.339 e. The highest BCUT2D eigenvalue weighted by atomic mass is 16.6. The van der Waals surface area contributed by atoms with Gasteiger partial charge in [0, 0.05) is 18.2 Å². The molecule has 3 rings (SSSR count). The number of nitrogens with zero attached hydrogens (tertiary/aromatic N) is 1. The van der Waals surface area contributed by atoms with Gasteiger partial charge in [-0.15, -0.1) is 0 Å². The van der Waals surface area contributed by atoms with Crippen LogP contribution in [-0.4, -0.2) is 18.0 Å². The van der Waals surface area contributed by atoms with Gasteiger partial charge in [0.15, 0.2) is 11.5 Å². The number of methoxy groups -OCH3 is 1. The van der Waals surface area contributed by atoms with Gasteiger partial charge in [0.2, 0.25) is 0 Å². The summed E-state index contributed by atoms with van der Waals surface area (Å²) >= 11 is 0. The molecule has 8 heteroatoms. The second kappa shape index (κ2) is 9.74. The first-order valence-electron chi connectivity index (χ1n) is 8.75. The Bertz CT molecular complexity index is 1060. The van der Waals surface area contributed by atoms with Crippen LogP contribution in [0, 0.1) is 10.1 Å². The minimum absolute atomic E-state index is 0.0223. The van der Waals surface area contributed by atoms with E-state index in [2.05, 4.69) is 0 Å². The van der Waals surface area contributed by atoms with Crippen molar-refractivity contribution in [1.82, 2.24) is 0 Å². The van der Waals surface area contributed by atoms with E-state index in [9.17, 15) is 14.9 Å². The van der Waals surface area contributed by atoms with Crippen molar-refractivity contribution < 1.29 is 28.7 Å². The Morgan fingerprint density at radius 2 is 1.53 bits per heavy atom. The molecule has 0 radical (unpaired) electrons. The number of hydrogen-bond donors (Lipinski definition) is 0. The summed E-state index contributed by atoms with van der Waals surface area (Å²) in [5.74, 6) is 1.33. The summed E-state index contributed by atoms with van der Waals surface area (Å²) in [6, 6.07) is 19.3. The van der Waals surface area contributed by atoms with Crippen molar-refractivity contribution in [2.75, 3.05) is 7.11 Å². The first-order valence-corrected chi connectivity index (χ1v) is 8.75. The van der Waals surface area contributed by atoms with E-state index in [0.717, 1.165) is 6.08 Å². The van der Waals surface area contributed by atoms with E-state index < -0.39 is 10.9 Å². The molecular weight excluding hydrogens is 390 g/mol. The van der Waals surface area contributed by atoms with Gasteiger partial charge in [0.1, 0.15) is 17.2 Å². The van der Waals surface area contributed by atoms with Crippen LogP contribution in [0.3, 0.4) is 0 Å². The lowest BCUT2D eigenvalue weighted by molar-refractivity contribution is -0.384. The number of para-hydroxylation sites is 2. The number of carbonyl (C=O) groups is 1. The van der Waals surface area contributed by atoms with Crippen LogP contribution < -0.4 is 14.2 Å². The Kier molecular flexibility index (Phi) is 6.63. The van der Waals surface area contributed by atoms with Crippen LogP contribution >= 0.6 is 0 Å². The van der Waals surface area contributed by atoms with E-state index in [1.54, 1.807) is 48.5 Å². The summed E-state index contributed by atoms with van der Waals surface area (Å²) < 4.78 is 21.5. The van der Waals surface area contributed by atoms with E-state index in [-0.39, 0.29) is 11.4 Å². The van der Waals surface area contributed by atoms with Crippen LogP contribution in [0.2, 0.25) is 0 Å². The molecule has 0 N–H and O–H groups in total. The second-order valence-electron chi connectivity index (χ2n) is 5.84. The second-order valence-corrected chi connectivity index (χ2v) is 5.84. The van der Waals surface area contributed by atoms with Crippen LogP contribution in [0.4, 0.5) is 5.69 Å². The lowest BCUT2D eigenvalue weighted by Crippen LogP contribution is -2.05. The summed E-state index contributed by atoms with van der Waals surface area (Å²) in [6.45, 7) is 0. The van der Waals surface area contributed by atoms with E-state index in [0.29, 0.717) is 23.0 Å². The number of rotatable bonds is 8. The van der Waals surface area contributed by atoms with Crippen LogP contribution in [0.25, 0.3) is 0 Å². The maximum absolute atomic E-state index is 11.8. The van der Waals surface area contributed by atoms with Crippen molar-refractivity contribution in [3.05, 3.63) is 95.2 Å². The van der Waals surface area contributed by atoms with Crippen molar-refractivity contribution >= 4 is 11.7 Å². The molecule has 30 heavy (non-hydrogen) atoms. The Balaban J connectivity index is 1.73. The quantitative estimate of drug-likeness (QED) is 0.126. The fraction of sp³-hybridized carbons (Fsp3) is 0.0455. The highest BCUT2D eigenvalue weighted by Crippen LogP contribution is 2.34. The SMILES string of the molecule is COC=CC(=O)Oc1ccccc1Oc1cccc(Oc2ccc([N+](=O)[O-])cc2)c1. The van der Waals surface area contributed by atoms with Crippen molar-refractivity contribution in [2.45, 2.75) is 0 Å². The van der Waals surface area contributed by atoms with Gasteiger partial charge in [-0.05, 0) is 36.4 Å². The van der Waals surface area contributed by atoms with Gasteiger partial charge in [-0.25, -0.2) is 4.79 Å². The molecule has 0 amide bonds.